The topological polar surface area (TPSA) is 159 Å². The quantitative estimate of drug-likeness (QED) is 0.129. The molecule has 184 valence electrons. The summed E-state index contributed by atoms with van der Waals surface area (Å²) in [6, 6.07) is 9.52. The smallest absolute Gasteiger partial charge is 0.321 e. The molecule has 2 heterocycles. The number of benzene rings is 1. The Kier molecular flexibility index (Phi) is 9.89. The molecule has 2 aromatic heterocycles. The summed E-state index contributed by atoms with van der Waals surface area (Å²) in [5.74, 6) is -0.124. The number of imidazole rings is 1. The zero-order valence-electron chi connectivity index (χ0n) is 19.0. The standard InChI is InChI=1S/C20H28N7O6P/c1-3-32-16(28)11-23-27(29)34(33-12-15-7-5-4-6-8-15)14-31-10-9-26-13-22-17-18(26)24-20(21)25-19(17)30-2/h4-8,13,23,29H,3,9-12,14H2,1-2H3,(H2,21,24,25). The number of aromatic nitrogens is 4. The third-order valence-corrected chi connectivity index (χ3v) is 5.82. The highest BCUT2D eigenvalue weighted by Crippen LogP contribution is 2.39. The molecule has 0 fully saturated rings. The highest BCUT2D eigenvalue weighted by Gasteiger charge is 2.20. The van der Waals surface area contributed by atoms with E-state index in [0.717, 1.165) is 10.5 Å². The lowest BCUT2D eigenvalue weighted by atomic mass is 10.2. The van der Waals surface area contributed by atoms with Crippen LogP contribution in [-0.4, -0.2) is 68.9 Å². The van der Waals surface area contributed by atoms with Crippen LogP contribution in [0.1, 0.15) is 12.5 Å². The second-order valence-corrected chi connectivity index (χ2v) is 8.38. The average molecular weight is 493 g/mol. The second-order valence-electron chi connectivity index (χ2n) is 6.78. The van der Waals surface area contributed by atoms with Gasteiger partial charge in [0.25, 0.3) is 0 Å². The number of nitrogens with one attached hydrogen (secondary N) is 1. The molecule has 0 bridgehead atoms. The SMILES string of the molecule is CCOC(=O)CNN(O)P(COCCn1cnc2c(OC)nc(N)nc21)OCc1ccccc1. The Morgan fingerprint density at radius 2 is 2.09 bits per heavy atom. The van der Waals surface area contributed by atoms with Crippen LogP contribution in [0.2, 0.25) is 0 Å². The first-order valence-corrected chi connectivity index (χ1v) is 11.8. The summed E-state index contributed by atoms with van der Waals surface area (Å²) in [6.45, 7) is 2.70. The van der Waals surface area contributed by atoms with Crippen LogP contribution in [0.5, 0.6) is 5.88 Å². The first-order valence-electron chi connectivity index (χ1n) is 10.4. The fourth-order valence-corrected chi connectivity index (χ4v) is 3.95. The summed E-state index contributed by atoms with van der Waals surface area (Å²) >= 11 is 0. The van der Waals surface area contributed by atoms with Crippen molar-refractivity contribution in [3.63, 3.8) is 0 Å². The molecule has 0 radical (unpaired) electrons. The fraction of sp³-hybridized carbons (Fsp3) is 0.400. The number of nitrogen functional groups attached to an aromatic ring is 1. The van der Waals surface area contributed by atoms with E-state index < -0.39 is 14.3 Å². The lowest BCUT2D eigenvalue weighted by molar-refractivity contribution is -0.145. The van der Waals surface area contributed by atoms with Crippen LogP contribution in [-0.2, 0) is 31.9 Å². The van der Waals surface area contributed by atoms with E-state index in [1.165, 1.54) is 7.11 Å². The first-order chi connectivity index (χ1) is 16.5. The number of anilines is 1. The van der Waals surface area contributed by atoms with Gasteiger partial charge in [0.2, 0.25) is 11.8 Å². The predicted octanol–water partition coefficient (Wildman–Crippen LogP) is 1.68. The molecule has 1 aromatic carbocycles. The van der Waals surface area contributed by atoms with Gasteiger partial charge in [-0.3, -0.25) is 10.0 Å². The van der Waals surface area contributed by atoms with Crippen LogP contribution in [0.15, 0.2) is 36.7 Å². The maximum absolute atomic E-state index is 11.6. The van der Waals surface area contributed by atoms with Crippen LogP contribution in [0.3, 0.4) is 0 Å². The molecule has 0 spiro atoms. The van der Waals surface area contributed by atoms with Crippen molar-refractivity contribution >= 4 is 31.4 Å². The molecule has 0 aliphatic rings. The molecule has 0 aliphatic carbocycles. The van der Waals surface area contributed by atoms with E-state index >= 15 is 0 Å². The van der Waals surface area contributed by atoms with Gasteiger partial charge in [-0.15, -0.1) is 0 Å². The van der Waals surface area contributed by atoms with Crippen LogP contribution >= 0.6 is 8.30 Å². The Bertz CT molecular complexity index is 1050. The number of esters is 1. The number of methoxy groups -OCH3 is 1. The van der Waals surface area contributed by atoms with Gasteiger partial charge in [0.1, 0.15) is 12.9 Å². The number of hydrogen-bond acceptors (Lipinski definition) is 12. The van der Waals surface area contributed by atoms with Crippen molar-refractivity contribution in [1.29, 1.82) is 0 Å². The van der Waals surface area contributed by atoms with E-state index in [2.05, 4.69) is 20.4 Å². The van der Waals surface area contributed by atoms with Crippen molar-refractivity contribution in [2.24, 2.45) is 0 Å². The van der Waals surface area contributed by atoms with Crippen LogP contribution in [0.25, 0.3) is 11.2 Å². The summed E-state index contributed by atoms with van der Waals surface area (Å²) in [5, 5.41) is 10.4. The summed E-state index contributed by atoms with van der Waals surface area (Å²) < 4.78 is 23.4. The molecule has 3 rings (SSSR count). The van der Waals surface area contributed by atoms with Crippen LogP contribution in [0, 0.1) is 0 Å². The van der Waals surface area contributed by atoms with Gasteiger partial charge in [-0.05, 0) is 12.5 Å². The van der Waals surface area contributed by atoms with Crippen LogP contribution in [0.4, 0.5) is 5.95 Å². The van der Waals surface area contributed by atoms with E-state index in [0.29, 0.717) is 23.6 Å². The zero-order chi connectivity index (χ0) is 24.3. The first kappa shape index (κ1) is 25.7. The number of carbonyl (C=O) groups is 1. The van der Waals surface area contributed by atoms with Gasteiger partial charge < -0.3 is 29.0 Å². The molecular weight excluding hydrogens is 465 g/mol. The van der Waals surface area contributed by atoms with Crippen molar-refractivity contribution in [1.82, 2.24) is 29.9 Å². The van der Waals surface area contributed by atoms with Gasteiger partial charge >= 0.3 is 5.97 Å². The highest BCUT2D eigenvalue weighted by molar-refractivity contribution is 7.49. The minimum atomic E-state index is -1.64. The summed E-state index contributed by atoms with van der Waals surface area (Å²) in [5.41, 5.74) is 10.3. The molecule has 0 amide bonds. The number of ether oxygens (including phenoxy) is 3. The average Bonchev–Trinajstić information content (AvgIpc) is 3.25. The highest BCUT2D eigenvalue weighted by atomic mass is 31.2. The number of hydrazine groups is 1. The molecule has 34 heavy (non-hydrogen) atoms. The lowest BCUT2D eigenvalue weighted by Gasteiger charge is -2.25. The predicted molar refractivity (Wildman–Crippen MR) is 124 cm³/mol. The number of fused-ring (bicyclic) bond motifs is 1. The molecule has 0 saturated heterocycles. The Balaban J connectivity index is 1.56. The minimum absolute atomic E-state index is 0.0710. The molecule has 3 aromatic rings. The van der Waals surface area contributed by atoms with Crippen molar-refractivity contribution < 1.29 is 28.7 Å². The zero-order valence-corrected chi connectivity index (χ0v) is 19.9. The van der Waals surface area contributed by atoms with E-state index in [-0.39, 0.29) is 38.7 Å². The van der Waals surface area contributed by atoms with Crippen molar-refractivity contribution in [3.05, 3.63) is 42.2 Å². The van der Waals surface area contributed by atoms with Crippen LogP contribution < -0.4 is 15.9 Å². The van der Waals surface area contributed by atoms with E-state index in [1.54, 1.807) is 17.8 Å². The molecule has 0 saturated carbocycles. The molecule has 14 heteroatoms. The van der Waals surface area contributed by atoms with Gasteiger partial charge in [-0.1, -0.05) is 35.3 Å². The minimum Gasteiger partial charge on any atom is -0.479 e. The molecule has 0 aliphatic heterocycles. The maximum Gasteiger partial charge on any atom is 0.321 e. The van der Waals surface area contributed by atoms with Gasteiger partial charge in [-0.2, -0.15) is 9.97 Å². The monoisotopic (exact) mass is 493 g/mol. The number of hydrogen-bond donors (Lipinski definition) is 3. The van der Waals surface area contributed by atoms with Gasteiger partial charge in [0.15, 0.2) is 19.5 Å². The summed E-state index contributed by atoms with van der Waals surface area (Å²) in [6.07, 6.45) is 1.67. The van der Waals surface area contributed by atoms with E-state index in [9.17, 15) is 10.0 Å². The van der Waals surface area contributed by atoms with Gasteiger partial charge in [0, 0.05) is 6.54 Å². The van der Waals surface area contributed by atoms with E-state index in [1.807, 2.05) is 30.3 Å². The Morgan fingerprint density at radius 3 is 2.82 bits per heavy atom. The number of carbonyl (C=O) groups excluding carboxylic acids is 1. The summed E-state index contributed by atoms with van der Waals surface area (Å²) in [7, 11) is -0.161. The second kappa shape index (κ2) is 13.1. The maximum atomic E-state index is 11.6. The van der Waals surface area contributed by atoms with Crippen molar-refractivity contribution in [3.8, 4) is 5.88 Å². The Morgan fingerprint density at radius 1 is 1.29 bits per heavy atom. The van der Waals surface area contributed by atoms with Crippen molar-refractivity contribution in [2.45, 2.75) is 20.1 Å². The number of nitrogens with zero attached hydrogens (tertiary/aromatic N) is 5. The Labute approximate surface area is 197 Å². The van der Waals surface area contributed by atoms with Gasteiger partial charge in [-0.25, -0.2) is 10.4 Å². The number of rotatable bonds is 14. The third-order valence-electron chi connectivity index (χ3n) is 4.43. The van der Waals surface area contributed by atoms with Crippen molar-refractivity contribution in [2.75, 3.05) is 38.9 Å². The van der Waals surface area contributed by atoms with E-state index in [4.69, 9.17) is 24.5 Å². The molecule has 1 unspecified atom stereocenters. The summed E-state index contributed by atoms with van der Waals surface area (Å²) in [4.78, 5) is 24.9. The largest absolute Gasteiger partial charge is 0.479 e. The third kappa shape index (κ3) is 7.29. The Hall–Kier alpha value is -2.93. The fourth-order valence-electron chi connectivity index (χ4n) is 2.84. The lowest BCUT2D eigenvalue weighted by Crippen LogP contribution is -2.37. The molecule has 1 atom stereocenters. The molecule has 13 nitrogen and oxygen atoms in total. The normalized spacial score (nSPS) is 12.2. The molecule has 4 N–H and O–H groups in total. The van der Waals surface area contributed by atoms with Gasteiger partial charge in [0.05, 0.1) is 33.3 Å². The number of nitrogens with two attached hydrogens (primary N) is 1. The molecular formula is C20H28N7O6P.